The van der Waals surface area contributed by atoms with E-state index in [0.29, 0.717) is 22.3 Å². The van der Waals surface area contributed by atoms with Crippen molar-refractivity contribution in [2.45, 2.75) is 13.5 Å². The number of fused-ring (bicyclic) bond motifs is 1. The number of rotatable bonds is 4. The number of anilines is 2. The summed E-state index contributed by atoms with van der Waals surface area (Å²) in [5, 5.41) is 5.79. The summed E-state index contributed by atoms with van der Waals surface area (Å²) < 4.78 is 2.03. The summed E-state index contributed by atoms with van der Waals surface area (Å²) in [6, 6.07) is 11.9. The SMILES string of the molecule is CC(=O)Nc1ccc(NC(=O)Cn2cnc3ccc(Br)cc3c2=O)cc1. The van der Waals surface area contributed by atoms with Crippen LogP contribution < -0.4 is 16.2 Å². The highest BCUT2D eigenvalue weighted by Crippen LogP contribution is 2.15. The number of nitrogens with zero attached hydrogens (tertiary/aromatic N) is 2. The molecule has 132 valence electrons. The summed E-state index contributed by atoms with van der Waals surface area (Å²) in [7, 11) is 0. The summed E-state index contributed by atoms with van der Waals surface area (Å²) in [6.45, 7) is 1.27. The van der Waals surface area contributed by atoms with Gasteiger partial charge in [0.25, 0.3) is 5.56 Å². The summed E-state index contributed by atoms with van der Waals surface area (Å²) >= 11 is 3.33. The maximum Gasteiger partial charge on any atom is 0.261 e. The Morgan fingerprint density at radius 3 is 2.38 bits per heavy atom. The van der Waals surface area contributed by atoms with Crippen LogP contribution in [0.1, 0.15) is 6.92 Å². The Labute approximate surface area is 157 Å². The summed E-state index contributed by atoms with van der Waals surface area (Å²) in [5.74, 6) is -0.521. The fraction of sp³-hybridized carbons (Fsp3) is 0.111. The molecule has 1 heterocycles. The highest BCUT2D eigenvalue weighted by atomic mass is 79.9. The Balaban J connectivity index is 1.74. The van der Waals surface area contributed by atoms with Crippen LogP contribution in [0, 0.1) is 0 Å². The van der Waals surface area contributed by atoms with Crippen molar-refractivity contribution in [1.82, 2.24) is 9.55 Å². The van der Waals surface area contributed by atoms with E-state index in [0.717, 1.165) is 4.47 Å². The molecule has 0 spiro atoms. The number of carbonyl (C=O) groups excluding carboxylic acids is 2. The molecule has 3 aromatic rings. The topological polar surface area (TPSA) is 93.1 Å². The summed E-state index contributed by atoms with van der Waals surface area (Å²) in [6.07, 6.45) is 1.36. The van der Waals surface area contributed by atoms with Crippen LogP contribution in [0.4, 0.5) is 11.4 Å². The minimum Gasteiger partial charge on any atom is -0.326 e. The third-order valence-corrected chi connectivity index (χ3v) is 4.08. The van der Waals surface area contributed by atoms with Gasteiger partial charge >= 0.3 is 0 Å². The zero-order valence-electron chi connectivity index (χ0n) is 13.8. The summed E-state index contributed by atoms with van der Waals surface area (Å²) in [4.78, 5) is 39.9. The van der Waals surface area contributed by atoms with E-state index in [9.17, 15) is 14.4 Å². The first-order valence-corrected chi connectivity index (χ1v) is 8.54. The van der Waals surface area contributed by atoms with Gasteiger partial charge in [0.1, 0.15) is 6.54 Å². The number of halogens is 1. The molecule has 0 unspecified atom stereocenters. The van der Waals surface area contributed by atoms with Gasteiger partial charge in [-0.1, -0.05) is 15.9 Å². The minimum atomic E-state index is -0.351. The van der Waals surface area contributed by atoms with Crippen LogP contribution in [0.25, 0.3) is 10.9 Å². The maximum atomic E-state index is 12.5. The van der Waals surface area contributed by atoms with Crippen LogP contribution in [0.15, 0.2) is 58.1 Å². The Hall–Kier alpha value is -3.00. The van der Waals surface area contributed by atoms with Gasteiger partial charge < -0.3 is 10.6 Å². The van der Waals surface area contributed by atoms with Crippen molar-refractivity contribution in [2.75, 3.05) is 10.6 Å². The molecule has 0 aliphatic heterocycles. The Kier molecular flexibility index (Phi) is 5.13. The average Bonchev–Trinajstić information content (AvgIpc) is 2.59. The quantitative estimate of drug-likeness (QED) is 0.686. The van der Waals surface area contributed by atoms with Gasteiger partial charge in [-0.25, -0.2) is 4.98 Å². The van der Waals surface area contributed by atoms with Gasteiger partial charge in [-0.2, -0.15) is 0 Å². The van der Waals surface area contributed by atoms with E-state index < -0.39 is 0 Å². The molecule has 0 aliphatic rings. The lowest BCUT2D eigenvalue weighted by molar-refractivity contribution is -0.117. The molecule has 7 nitrogen and oxygen atoms in total. The van der Waals surface area contributed by atoms with Crippen molar-refractivity contribution >= 4 is 50.0 Å². The third kappa shape index (κ3) is 4.15. The van der Waals surface area contributed by atoms with Gasteiger partial charge in [0, 0.05) is 22.8 Å². The summed E-state index contributed by atoms with van der Waals surface area (Å²) in [5.41, 5.74) is 1.49. The monoisotopic (exact) mass is 414 g/mol. The van der Waals surface area contributed by atoms with Crippen LogP contribution >= 0.6 is 15.9 Å². The Bertz CT molecular complexity index is 1040. The lowest BCUT2D eigenvalue weighted by Gasteiger charge is -2.09. The number of hydrogen-bond donors (Lipinski definition) is 2. The minimum absolute atomic E-state index is 0.151. The van der Waals surface area contributed by atoms with Crippen molar-refractivity contribution in [2.24, 2.45) is 0 Å². The Morgan fingerprint density at radius 1 is 1.08 bits per heavy atom. The number of amides is 2. The number of hydrogen-bond acceptors (Lipinski definition) is 4. The first kappa shape index (κ1) is 17.8. The molecule has 2 N–H and O–H groups in total. The van der Waals surface area contributed by atoms with E-state index >= 15 is 0 Å². The molecule has 2 amide bonds. The number of aromatic nitrogens is 2. The van der Waals surface area contributed by atoms with E-state index in [-0.39, 0.29) is 23.9 Å². The zero-order chi connectivity index (χ0) is 18.7. The van der Waals surface area contributed by atoms with Crippen LogP contribution in [-0.4, -0.2) is 21.4 Å². The van der Waals surface area contributed by atoms with Gasteiger partial charge in [0.15, 0.2) is 0 Å². The van der Waals surface area contributed by atoms with Gasteiger partial charge in [-0.15, -0.1) is 0 Å². The molecular formula is C18H15BrN4O3. The molecule has 0 atom stereocenters. The smallest absolute Gasteiger partial charge is 0.261 e. The molecule has 0 aliphatic carbocycles. The second-order valence-corrected chi connectivity index (χ2v) is 6.56. The molecule has 0 saturated carbocycles. The molecule has 3 rings (SSSR count). The zero-order valence-corrected chi connectivity index (χ0v) is 15.4. The third-order valence-electron chi connectivity index (χ3n) is 3.59. The van der Waals surface area contributed by atoms with Crippen molar-refractivity contribution < 1.29 is 9.59 Å². The van der Waals surface area contributed by atoms with E-state index in [2.05, 4.69) is 31.5 Å². The molecule has 26 heavy (non-hydrogen) atoms. The number of benzene rings is 2. The van der Waals surface area contributed by atoms with Crippen LogP contribution in [0.3, 0.4) is 0 Å². The van der Waals surface area contributed by atoms with E-state index in [4.69, 9.17) is 0 Å². The van der Waals surface area contributed by atoms with Gasteiger partial charge in [0.05, 0.1) is 17.2 Å². The van der Waals surface area contributed by atoms with E-state index in [1.54, 1.807) is 42.5 Å². The number of nitrogens with one attached hydrogen (secondary N) is 2. The van der Waals surface area contributed by atoms with Crippen LogP contribution in [0.2, 0.25) is 0 Å². The van der Waals surface area contributed by atoms with Crippen molar-refractivity contribution in [3.05, 3.63) is 63.6 Å². The predicted octanol–water partition coefficient (Wildman–Crippen LogP) is 2.76. The van der Waals surface area contributed by atoms with Crippen molar-refractivity contribution in [1.29, 1.82) is 0 Å². The molecule has 1 aromatic heterocycles. The first-order valence-electron chi connectivity index (χ1n) is 7.74. The molecule has 0 saturated heterocycles. The fourth-order valence-corrected chi connectivity index (χ4v) is 2.80. The van der Waals surface area contributed by atoms with Crippen molar-refractivity contribution in [3.63, 3.8) is 0 Å². The predicted molar refractivity (Wildman–Crippen MR) is 103 cm³/mol. The average molecular weight is 415 g/mol. The first-order chi connectivity index (χ1) is 12.4. The Morgan fingerprint density at radius 2 is 1.73 bits per heavy atom. The van der Waals surface area contributed by atoms with E-state index in [1.807, 2.05) is 0 Å². The van der Waals surface area contributed by atoms with Crippen LogP contribution in [-0.2, 0) is 16.1 Å². The molecule has 0 bridgehead atoms. The van der Waals surface area contributed by atoms with Gasteiger partial charge in [0.2, 0.25) is 11.8 Å². The van der Waals surface area contributed by atoms with Gasteiger partial charge in [-0.3, -0.25) is 19.0 Å². The molecule has 2 aromatic carbocycles. The molecule has 0 radical (unpaired) electrons. The fourth-order valence-electron chi connectivity index (χ4n) is 2.44. The molecule has 0 fully saturated rings. The van der Waals surface area contributed by atoms with E-state index in [1.165, 1.54) is 17.8 Å². The second-order valence-electron chi connectivity index (χ2n) is 5.65. The normalized spacial score (nSPS) is 10.5. The highest BCUT2D eigenvalue weighted by Gasteiger charge is 2.09. The highest BCUT2D eigenvalue weighted by molar-refractivity contribution is 9.10. The lowest BCUT2D eigenvalue weighted by atomic mass is 10.2. The molecular weight excluding hydrogens is 400 g/mol. The van der Waals surface area contributed by atoms with Crippen LogP contribution in [0.5, 0.6) is 0 Å². The second kappa shape index (κ2) is 7.49. The largest absolute Gasteiger partial charge is 0.326 e. The van der Waals surface area contributed by atoms with Crippen molar-refractivity contribution in [3.8, 4) is 0 Å². The standard InChI is InChI=1S/C18H15BrN4O3/c1-11(24)21-13-3-5-14(6-4-13)22-17(25)9-23-10-20-16-7-2-12(19)8-15(16)18(23)26/h2-8,10H,9H2,1H3,(H,21,24)(H,22,25). The molecule has 8 heteroatoms. The lowest BCUT2D eigenvalue weighted by Crippen LogP contribution is -2.27. The number of carbonyl (C=O) groups is 2. The van der Waals surface area contributed by atoms with Gasteiger partial charge in [-0.05, 0) is 42.5 Å². The maximum absolute atomic E-state index is 12.5.